The van der Waals surface area contributed by atoms with Gasteiger partial charge in [-0.25, -0.2) is 0 Å². The Bertz CT molecular complexity index is 345. The standard InChI is InChI=1S/C7H12N8/c1-3-9-5-11-6(10-4-2)13-7(12-5)14-15-8/h3-4H2,1-2H3,(H2,9,10,11,12,13). The molecule has 0 aliphatic heterocycles. The van der Waals surface area contributed by atoms with Crippen LogP contribution in [0.2, 0.25) is 0 Å². The van der Waals surface area contributed by atoms with Crippen LogP contribution in [0.1, 0.15) is 13.8 Å². The summed E-state index contributed by atoms with van der Waals surface area (Å²) in [4.78, 5) is 14.5. The van der Waals surface area contributed by atoms with Crippen LogP contribution < -0.4 is 10.6 Å². The van der Waals surface area contributed by atoms with Crippen molar-refractivity contribution in [2.24, 2.45) is 5.11 Å². The van der Waals surface area contributed by atoms with Gasteiger partial charge < -0.3 is 10.6 Å². The van der Waals surface area contributed by atoms with Crippen molar-refractivity contribution in [2.45, 2.75) is 13.8 Å². The van der Waals surface area contributed by atoms with E-state index < -0.39 is 0 Å². The molecule has 1 heterocycles. The lowest BCUT2D eigenvalue weighted by molar-refractivity contribution is 0.991. The van der Waals surface area contributed by atoms with Gasteiger partial charge in [-0.15, -0.1) is 0 Å². The fraction of sp³-hybridized carbons (Fsp3) is 0.571. The highest BCUT2D eigenvalue weighted by Gasteiger charge is 2.02. The number of nitrogens with one attached hydrogen (secondary N) is 2. The average Bonchev–Trinajstić information content (AvgIpc) is 2.19. The summed E-state index contributed by atoms with van der Waals surface area (Å²) in [5, 5.41) is 9.17. The van der Waals surface area contributed by atoms with Crippen molar-refractivity contribution in [1.29, 1.82) is 0 Å². The minimum Gasteiger partial charge on any atom is -0.354 e. The molecule has 0 amide bonds. The first kappa shape index (κ1) is 11.0. The van der Waals surface area contributed by atoms with Crippen molar-refractivity contribution < 1.29 is 0 Å². The van der Waals surface area contributed by atoms with Gasteiger partial charge in [0.2, 0.25) is 17.8 Å². The molecule has 0 bridgehead atoms. The van der Waals surface area contributed by atoms with Crippen LogP contribution in [0.3, 0.4) is 0 Å². The summed E-state index contributed by atoms with van der Waals surface area (Å²) in [7, 11) is 0. The van der Waals surface area contributed by atoms with E-state index in [0.717, 1.165) is 0 Å². The molecule has 0 spiro atoms. The Labute approximate surface area is 86.8 Å². The van der Waals surface area contributed by atoms with Gasteiger partial charge in [0, 0.05) is 18.0 Å². The number of azide groups is 1. The highest BCUT2D eigenvalue weighted by molar-refractivity contribution is 5.39. The van der Waals surface area contributed by atoms with Crippen molar-refractivity contribution in [2.75, 3.05) is 23.7 Å². The first-order chi connectivity index (χ1) is 7.30. The Balaban J connectivity index is 3.01. The van der Waals surface area contributed by atoms with E-state index in [2.05, 4.69) is 35.6 Å². The van der Waals surface area contributed by atoms with E-state index in [0.29, 0.717) is 25.0 Å². The Hall–Kier alpha value is -2.08. The van der Waals surface area contributed by atoms with Gasteiger partial charge in [0.05, 0.1) is 0 Å². The quantitative estimate of drug-likeness (QED) is 0.434. The van der Waals surface area contributed by atoms with Gasteiger partial charge in [0.1, 0.15) is 0 Å². The molecule has 0 aliphatic carbocycles. The van der Waals surface area contributed by atoms with Gasteiger partial charge in [-0.05, 0) is 24.5 Å². The monoisotopic (exact) mass is 208 g/mol. The van der Waals surface area contributed by atoms with Crippen molar-refractivity contribution in [3.8, 4) is 0 Å². The van der Waals surface area contributed by atoms with E-state index in [1.807, 2.05) is 13.8 Å². The molecule has 1 rings (SSSR count). The Kier molecular flexibility index (Phi) is 4.11. The van der Waals surface area contributed by atoms with Gasteiger partial charge >= 0.3 is 0 Å². The number of hydrogen-bond donors (Lipinski definition) is 2. The molecule has 0 atom stereocenters. The first-order valence-electron chi connectivity index (χ1n) is 4.59. The summed E-state index contributed by atoms with van der Waals surface area (Å²) in [5.74, 6) is 0.844. The fourth-order valence-electron chi connectivity index (χ4n) is 0.924. The van der Waals surface area contributed by atoms with E-state index in [4.69, 9.17) is 5.53 Å². The normalized spacial score (nSPS) is 9.20. The van der Waals surface area contributed by atoms with Crippen LogP contribution >= 0.6 is 0 Å². The van der Waals surface area contributed by atoms with Gasteiger partial charge in [-0.2, -0.15) is 15.0 Å². The van der Waals surface area contributed by atoms with Crippen LogP contribution in [0.15, 0.2) is 5.11 Å². The van der Waals surface area contributed by atoms with Crippen LogP contribution in [-0.2, 0) is 0 Å². The lowest BCUT2D eigenvalue weighted by Crippen LogP contribution is -2.07. The molecule has 15 heavy (non-hydrogen) atoms. The maximum absolute atomic E-state index is 8.28. The molecule has 1 aromatic rings. The molecule has 0 aromatic carbocycles. The SMILES string of the molecule is CCNc1nc(N=[N+]=[N-])nc(NCC)n1. The molecule has 0 radical (unpaired) electrons. The second-order valence-corrected chi connectivity index (χ2v) is 2.53. The topological polar surface area (TPSA) is 111 Å². The van der Waals surface area contributed by atoms with Crippen LogP contribution in [0.4, 0.5) is 17.8 Å². The number of anilines is 2. The van der Waals surface area contributed by atoms with Crippen LogP contribution in [0, 0.1) is 0 Å². The summed E-state index contributed by atoms with van der Waals surface area (Å²) in [6.07, 6.45) is 0. The maximum atomic E-state index is 8.28. The summed E-state index contributed by atoms with van der Waals surface area (Å²) in [6, 6.07) is 0. The molecule has 0 fully saturated rings. The zero-order valence-corrected chi connectivity index (χ0v) is 8.60. The van der Waals surface area contributed by atoms with Gasteiger partial charge in [0.15, 0.2) is 0 Å². The Morgan fingerprint density at radius 2 is 1.67 bits per heavy atom. The minimum absolute atomic E-state index is 0.0550. The van der Waals surface area contributed by atoms with Crippen molar-refractivity contribution in [3.63, 3.8) is 0 Å². The highest BCUT2D eigenvalue weighted by atomic mass is 15.3. The van der Waals surface area contributed by atoms with Crippen molar-refractivity contribution in [3.05, 3.63) is 10.4 Å². The second-order valence-electron chi connectivity index (χ2n) is 2.53. The zero-order chi connectivity index (χ0) is 11.1. The molecule has 0 aliphatic rings. The highest BCUT2D eigenvalue weighted by Crippen LogP contribution is 2.11. The fourth-order valence-corrected chi connectivity index (χ4v) is 0.924. The van der Waals surface area contributed by atoms with E-state index in [1.54, 1.807) is 0 Å². The Morgan fingerprint density at radius 3 is 2.07 bits per heavy atom. The molecular formula is C7H12N8. The van der Waals surface area contributed by atoms with Crippen molar-refractivity contribution in [1.82, 2.24) is 15.0 Å². The number of aromatic nitrogens is 3. The average molecular weight is 208 g/mol. The molecule has 0 saturated carbocycles. The molecular weight excluding hydrogens is 196 g/mol. The third-order valence-electron chi connectivity index (χ3n) is 1.43. The molecule has 1 aromatic heterocycles. The van der Waals surface area contributed by atoms with Gasteiger partial charge in [-0.3, -0.25) is 0 Å². The van der Waals surface area contributed by atoms with E-state index >= 15 is 0 Å². The number of nitrogens with zero attached hydrogens (tertiary/aromatic N) is 6. The van der Waals surface area contributed by atoms with Crippen molar-refractivity contribution >= 4 is 17.8 Å². The smallest absolute Gasteiger partial charge is 0.227 e. The summed E-state index contributed by atoms with van der Waals surface area (Å²) < 4.78 is 0. The van der Waals surface area contributed by atoms with E-state index in [9.17, 15) is 0 Å². The zero-order valence-electron chi connectivity index (χ0n) is 8.60. The number of rotatable bonds is 5. The molecule has 80 valence electrons. The molecule has 0 unspecified atom stereocenters. The predicted molar refractivity (Wildman–Crippen MR) is 57.0 cm³/mol. The summed E-state index contributed by atoms with van der Waals surface area (Å²) in [5.41, 5.74) is 8.28. The third kappa shape index (κ3) is 3.28. The first-order valence-corrected chi connectivity index (χ1v) is 4.59. The van der Waals surface area contributed by atoms with Crippen LogP contribution in [0.5, 0.6) is 0 Å². The van der Waals surface area contributed by atoms with Crippen LogP contribution in [0.25, 0.3) is 10.4 Å². The second kappa shape index (κ2) is 5.61. The lowest BCUT2D eigenvalue weighted by atomic mass is 10.7. The van der Waals surface area contributed by atoms with E-state index in [1.165, 1.54) is 0 Å². The molecule has 0 saturated heterocycles. The molecule has 8 heteroatoms. The van der Waals surface area contributed by atoms with Crippen LogP contribution in [-0.4, -0.2) is 28.0 Å². The van der Waals surface area contributed by atoms with Gasteiger partial charge in [0.25, 0.3) is 0 Å². The lowest BCUT2D eigenvalue weighted by Gasteiger charge is -2.05. The minimum atomic E-state index is 0.0550. The van der Waals surface area contributed by atoms with E-state index in [-0.39, 0.29) is 5.95 Å². The predicted octanol–water partition coefficient (Wildman–Crippen LogP) is 1.68. The third-order valence-corrected chi connectivity index (χ3v) is 1.43. The van der Waals surface area contributed by atoms with Gasteiger partial charge in [-0.1, -0.05) is 0 Å². The largest absolute Gasteiger partial charge is 0.354 e. The summed E-state index contributed by atoms with van der Waals surface area (Å²) in [6.45, 7) is 5.21. The summed E-state index contributed by atoms with van der Waals surface area (Å²) >= 11 is 0. The molecule has 8 nitrogen and oxygen atoms in total. The maximum Gasteiger partial charge on any atom is 0.227 e. The Morgan fingerprint density at radius 1 is 1.13 bits per heavy atom. The number of hydrogen-bond acceptors (Lipinski definition) is 6. The molecule has 2 N–H and O–H groups in total.